The Morgan fingerprint density at radius 1 is 0.929 bits per heavy atom. The van der Waals surface area contributed by atoms with Crippen LogP contribution >= 0.6 is 0 Å². The monoisotopic (exact) mass is 578 g/mol. The van der Waals surface area contributed by atoms with Crippen LogP contribution in [0.15, 0.2) is 72.8 Å². The van der Waals surface area contributed by atoms with Crippen LogP contribution in [0, 0.1) is 17.6 Å². The van der Waals surface area contributed by atoms with Crippen LogP contribution in [0.1, 0.15) is 54.3 Å². The fraction of sp³-hybridized carbons (Fsp3) is 0.344. The molecule has 0 spiro atoms. The van der Waals surface area contributed by atoms with Gasteiger partial charge in [0.15, 0.2) is 0 Å². The number of carbonyl (C=O) groups excluding carboxylic acids is 3. The number of primary amides is 1. The Hall–Kier alpha value is -4.31. The number of likely N-dealkylation sites (N-methyl/N-ethyl adjacent to an activating group) is 1. The molecule has 3 aromatic carbocycles. The van der Waals surface area contributed by atoms with Gasteiger partial charge in [0.1, 0.15) is 17.7 Å². The molecule has 1 saturated carbocycles. The summed E-state index contributed by atoms with van der Waals surface area (Å²) in [6, 6.07) is 17.2. The van der Waals surface area contributed by atoms with E-state index in [0.29, 0.717) is 17.7 Å². The number of aliphatic hydroxyl groups excluding tert-OH is 1. The van der Waals surface area contributed by atoms with E-state index < -0.39 is 23.6 Å². The minimum Gasteiger partial charge on any atom is -0.395 e. The second-order valence-corrected chi connectivity index (χ2v) is 10.6. The number of hydrogen-bond acceptors (Lipinski definition) is 4. The van der Waals surface area contributed by atoms with E-state index >= 15 is 0 Å². The summed E-state index contributed by atoms with van der Waals surface area (Å²) in [4.78, 5) is 41.7. The summed E-state index contributed by atoms with van der Waals surface area (Å²) in [6.07, 6.45) is 3.27. The largest absolute Gasteiger partial charge is 0.395 e. The summed E-state index contributed by atoms with van der Waals surface area (Å²) in [5, 5.41) is 12.1. The molecule has 1 aliphatic rings. The lowest BCUT2D eigenvalue weighted by Crippen LogP contribution is -2.42. The first kappa shape index (κ1) is 30.6. The summed E-state index contributed by atoms with van der Waals surface area (Å²) in [7, 11) is 1.59. The Morgan fingerprint density at radius 3 is 2.12 bits per heavy atom. The topological polar surface area (TPSA) is 116 Å². The van der Waals surface area contributed by atoms with Crippen molar-refractivity contribution in [3.63, 3.8) is 0 Å². The van der Waals surface area contributed by atoms with E-state index in [9.17, 15) is 28.3 Å². The van der Waals surface area contributed by atoms with Crippen molar-refractivity contribution in [2.45, 2.75) is 44.2 Å². The lowest BCUT2D eigenvalue weighted by molar-refractivity contribution is -0.131. The van der Waals surface area contributed by atoms with Crippen LogP contribution < -0.4 is 16.0 Å². The first-order valence-electron chi connectivity index (χ1n) is 14.0. The van der Waals surface area contributed by atoms with Crippen molar-refractivity contribution in [2.24, 2.45) is 11.7 Å². The number of aliphatic hydroxyl groups is 1. The number of carbonyl (C=O) groups is 3. The third-order valence-electron chi connectivity index (χ3n) is 7.76. The molecule has 0 saturated heterocycles. The molecule has 0 aromatic heterocycles. The van der Waals surface area contributed by atoms with Gasteiger partial charge >= 0.3 is 6.03 Å². The number of hydrogen-bond donors (Lipinski definition) is 3. The van der Waals surface area contributed by atoms with Crippen molar-refractivity contribution in [2.75, 3.05) is 25.1 Å². The fourth-order valence-electron chi connectivity index (χ4n) is 5.46. The molecular formula is C32H36F2N4O4. The van der Waals surface area contributed by atoms with Crippen LogP contribution in [0.2, 0.25) is 0 Å². The summed E-state index contributed by atoms with van der Waals surface area (Å²) < 4.78 is 27.0. The number of nitrogens with two attached hydrogens (primary N) is 1. The second kappa shape index (κ2) is 14.0. The van der Waals surface area contributed by atoms with Crippen LogP contribution in [0.3, 0.4) is 0 Å². The van der Waals surface area contributed by atoms with E-state index in [2.05, 4.69) is 5.32 Å². The lowest BCUT2D eigenvalue weighted by Gasteiger charge is -2.32. The van der Waals surface area contributed by atoms with Crippen LogP contribution in [-0.4, -0.2) is 48.1 Å². The van der Waals surface area contributed by atoms with E-state index in [1.165, 1.54) is 58.3 Å². The SMILES string of the molecule is CN(CCO)C(=O)N(Cc1ccc([C@@H]2CCCC[C@H]2C(=O)N[C@H](C(N)=O)c2ccc(F)cc2)cc1)c1ccc(F)cc1. The fourth-order valence-corrected chi connectivity index (χ4v) is 5.46. The number of amides is 4. The predicted octanol–water partition coefficient (Wildman–Crippen LogP) is 4.63. The van der Waals surface area contributed by atoms with Crippen molar-refractivity contribution in [1.82, 2.24) is 10.2 Å². The van der Waals surface area contributed by atoms with Crippen molar-refractivity contribution < 1.29 is 28.3 Å². The maximum absolute atomic E-state index is 13.6. The standard InChI is InChI=1S/C32H36F2N4O4/c1-37(18-19-39)32(42)38(26-16-14-25(34)15-17-26)20-21-6-8-22(9-7-21)27-4-2-3-5-28(27)31(41)36-29(30(35)40)23-10-12-24(33)13-11-23/h6-17,27-29,39H,2-5,18-20H2,1H3,(H2,35,40)(H,36,41)/t27-,28+,29-/m0/s1. The Morgan fingerprint density at radius 2 is 1.52 bits per heavy atom. The van der Waals surface area contributed by atoms with Crippen molar-refractivity contribution in [3.8, 4) is 0 Å². The van der Waals surface area contributed by atoms with Gasteiger partial charge in [-0.1, -0.05) is 49.2 Å². The van der Waals surface area contributed by atoms with E-state index in [1.807, 2.05) is 24.3 Å². The summed E-state index contributed by atoms with van der Waals surface area (Å²) in [6.45, 7) is 0.180. The molecule has 1 fully saturated rings. The third kappa shape index (κ3) is 7.50. The molecule has 0 aliphatic heterocycles. The number of halogens is 2. The Kier molecular flexibility index (Phi) is 10.2. The van der Waals surface area contributed by atoms with Crippen molar-refractivity contribution >= 4 is 23.5 Å². The maximum atomic E-state index is 13.6. The zero-order chi connectivity index (χ0) is 30.2. The number of nitrogens with zero attached hydrogens (tertiary/aromatic N) is 2. The van der Waals surface area contributed by atoms with Gasteiger partial charge in [0.25, 0.3) is 0 Å². The molecule has 4 amide bonds. The zero-order valence-electron chi connectivity index (χ0n) is 23.5. The molecule has 42 heavy (non-hydrogen) atoms. The molecule has 8 nitrogen and oxygen atoms in total. The van der Waals surface area contributed by atoms with Crippen molar-refractivity contribution in [3.05, 3.63) is 101 Å². The predicted molar refractivity (Wildman–Crippen MR) is 155 cm³/mol. The molecular weight excluding hydrogens is 542 g/mol. The number of anilines is 1. The van der Waals surface area contributed by atoms with Gasteiger partial charge in [0, 0.05) is 25.2 Å². The molecule has 4 rings (SSSR count). The van der Waals surface area contributed by atoms with Crippen molar-refractivity contribution in [1.29, 1.82) is 0 Å². The zero-order valence-corrected chi connectivity index (χ0v) is 23.5. The molecule has 4 N–H and O–H groups in total. The first-order valence-corrected chi connectivity index (χ1v) is 14.0. The molecule has 1 aliphatic carbocycles. The lowest BCUT2D eigenvalue weighted by atomic mass is 9.74. The third-order valence-corrected chi connectivity index (χ3v) is 7.76. The molecule has 3 atom stereocenters. The summed E-state index contributed by atoms with van der Waals surface area (Å²) >= 11 is 0. The molecule has 10 heteroatoms. The molecule has 3 aromatic rings. The highest BCUT2D eigenvalue weighted by molar-refractivity contribution is 5.92. The van der Waals surface area contributed by atoms with Crippen LogP contribution in [-0.2, 0) is 16.1 Å². The highest BCUT2D eigenvalue weighted by Gasteiger charge is 2.34. The average molecular weight is 579 g/mol. The normalized spacial score (nSPS) is 17.2. The van der Waals surface area contributed by atoms with Gasteiger partial charge in [0.2, 0.25) is 11.8 Å². The molecule has 0 heterocycles. The summed E-state index contributed by atoms with van der Waals surface area (Å²) in [5.41, 5.74) is 8.31. The minimum absolute atomic E-state index is 0.0833. The average Bonchev–Trinajstić information content (AvgIpc) is 2.99. The molecule has 0 radical (unpaired) electrons. The number of urea groups is 1. The van der Waals surface area contributed by atoms with Gasteiger partial charge in [-0.05, 0) is 71.8 Å². The molecule has 0 bridgehead atoms. The Balaban J connectivity index is 1.51. The van der Waals surface area contributed by atoms with E-state index in [-0.39, 0.29) is 43.5 Å². The Labute approximate surface area is 244 Å². The minimum atomic E-state index is -1.07. The van der Waals surface area contributed by atoms with Gasteiger partial charge in [-0.25, -0.2) is 13.6 Å². The first-order chi connectivity index (χ1) is 20.2. The van der Waals surface area contributed by atoms with Crippen LogP contribution in [0.5, 0.6) is 0 Å². The van der Waals surface area contributed by atoms with Crippen LogP contribution in [0.4, 0.5) is 19.3 Å². The highest BCUT2D eigenvalue weighted by atomic mass is 19.1. The Bertz CT molecular complexity index is 1370. The second-order valence-electron chi connectivity index (χ2n) is 10.6. The smallest absolute Gasteiger partial charge is 0.324 e. The number of rotatable bonds is 10. The van der Waals surface area contributed by atoms with E-state index in [4.69, 9.17) is 5.73 Å². The van der Waals surface area contributed by atoms with Gasteiger partial charge in [0.05, 0.1) is 13.2 Å². The number of benzene rings is 3. The number of nitrogens with one attached hydrogen (secondary N) is 1. The van der Waals surface area contributed by atoms with E-state index in [0.717, 1.165) is 30.4 Å². The van der Waals surface area contributed by atoms with Crippen LogP contribution in [0.25, 0.3) is 0 Å². The molecule has 0 unspecified atom stereocenters. The molecule has 222 valence electrons. The van der Waals surface area contributed by atoms with Gasteiger partial charge in [-0.3, -0.25) is 14.5 Å². The highest BCUT2D eigenvalue weighted by Crippen LogP contribution is 2.38. The van der Waals surface area contributed by atoms with E-state index in [1.54, 1.807) is 7.05 Å². The van der Waals surface area contributed by atoms with Gasteiger partial charge < -0.3 is 21.1 Å². The van der Waals surface area contributed by atoms with Gasteiger partial charge in [-0.15, -0.1) is 0 Å². The maximum Gasteiger partial charge on any atom is 0.324 e. The quantitative estimate of drug-likeness (QED) is 0.325. The van der Waals surface area contributed by atoms with Gasteiger partial charge in [-0.2, -0.15) is 0 Å². The summed E-state index contributed by atoms with van der Waals surface area (Å²) in [5.74, 6) is -2.33.